The van der Waals surface area contributed by atoms with Crippen molar-refractivity contribution in [1.82, 2.24) is 10.6 Å². The molecule has 2 aromatic rings. The highest BCUT2D eigenvalue weighted by Gasteiger charge is 2.36. The first-order valence-corrected chi connectivity index (χ1v) is 11.6. The molecule has 1 heterocycles. The van der Waals surface area contributed by atoms with E-state index < -0.39 is 35.1 Å². The molecule has 184 valence electrons. The van der Waals surface area contributed by atoms with E-state index in [9.17, 15) is 18.4 Å². The van der Waals surface area contributed by atoms with Gasteiger partial charge >= 0.3 is 0 Å². The predicted molar refractivity (Wildman–Crippen MR) is 125 cm³/mol. The molecule has 0 radical (unpaired) electrons. The minimum atomic E-state index is -0.975. The van der Waals surface area contributed by atoms with Crippen LogP contribution in [0, 0.1) is 17.6 Å². The van der Waals surface area contributed by atoms with Crippen LogP contribution >= 0.6 is 0 Å². The highest BCUT2D eigenvalue weighted by Crippen LogP contribution is 2.35. The summed E-state index contributed by atoms with van der Waals surface area (Å²) in [5.41, 5.74) is 0.0383. The minimum Gasteiger partial charge on any atom is -0.494 e. The molecule has 34 heavy (non-hydrogen) atoms. The lowest BCUT2D eigenvalue weighted by atomic mass is 9.74. The zero-order chi connectivity index (χ0) is 24.7. The third-order valence-corrected chi connectivity index (χ3v) is 6.25. The smallest absolute Gasteiger partial charge is 0.257 e. The average Bonchev–Trinajstić information content (AvgIpc) is 2.82. The maximum absolute atomic E-state index is 14.0. The Morgan fingerprint density at radius 1 is 1.06 bits per heavy atom. The number of carbonyl (C=O) groups excluding carboxylic acids is 2. The number of hydrogen-bond acceptors (Lipinski definition) is 4. The Hall–Kier alpha value is -3.00. The molecule has 2 N–H and O–H groups in total. The molecule has 1 fully saturated rings. The maximum Gasteiger partial charge on any atom is 0.257 e. The molecule has 6 nitrogen and oxygen atoms in total. The lowest BCUT2D eigenvalue weighted by Crippen LogP contribution is -2.53. The summed E-state index contributed by atoms with van der Waals surface area (Å²) in [4.78, 5) is 25.7. The van der Waals surface area contributed by atoms with Gasteiger partial charge in [-0.1, -0.05) is 32.0 Å². The van der Waals surface area contributed by atoms with Gasteiger partial charge in [0.1, 0.15) is 29.0 Å². The summed E-state index contributed by atoms with van der Waals surface area (Å²) in [5.74, 6) is -2.84. The zero-order valence-electron chi connectivity index (χ0n) is 19.8. The molecule has 2 amide bonds. The molecule has 3 rings (SSSR count). The van der Waals surface area contributed by atoms with E-state index in [0.717, 1.165) is 36.3 Å². The van der Waals surface area contributed by atoms with Gasteiger partial charge in [0.05, 0.1) is 6.61 Å². The number of benzene rings is 2. The third-order valence-electron chi connectivity index (χ3n) is 6.25. The van der Waals surface area contributed by atoms with Crippen LogP contribution in [0.2, 0.25) is 0 Å². The van der Waals surface area contributed by atoms with Crippen molar-refractivity contribution in [2.75, 3.05) is 26.4 Å². The first-order valence-electron chi connectivity index (χ1n) is 11.6. The number of nitrogens with one attached hydrogen (secondary N) is 2. The van der Waals surface area contributed by atoms with Gasteiger partial charge < -0.3 is 20.1 Å². The normalized spacial score (nSPS) is 16.1. The number of hydrogen-bond donors (Lipinski definition) is 2. The summed E-state index contributed by atoms with van der Waals surface area (Å²) in [5, 5.41) is 5.47. The van der Waals surface area contributed by atoms with Crippen LogP contribution in [0.4, 0.5) is 8.78 Å². The van der Waals surface area contributed by atoms with Crippen LogP contribution in [0.15, 0.2) is 42.5 Å². The Labute approximate surface area is 199 Å². The molecule has 1 aliphatic rings. The molecule has 0 aliphatic carbocycles. The first-order chi connectivity index (χ1) is 16.3. The summed E-state index contributed by atoms with van der Waals surface area (Å²) >= 11 is 0. The van der Waals surface area contributed by atoms with Gasteiger partial charge in [-0.2, -0.15) is 0 Å². The summed E-state index contributed by atoms with van der Waals surface area (Å²) in [6, 6.07) is 10.1. The van der Waals surface area contributed by atoms with Crippen molar-refractivity contribution in [3.05, 3.63) is 65.2 Å². The second-order valence-electron chi connectivity index (χ2n) is 8.86. The molecule has 0 bridgehead atoms. The maximum atomic E-state index is 14.0. The van der Waals surface area contributed by atoms with Crippen LogP contribution in [0.5, 0.6) is 5.75 Å². The SMILES string of the molecule is CCOc1ccc(C2(CNC(=O)[C@@H](NC(=O)c3c(F)cccc3F)C(C)C)CCOCC2)cc1. The molecule has 2 aromatic carbocycles. The summed E-state index contributed by atoms with van der Waals surface area (Å²) in [6.07, 6.45) is 1.45. The predicted octanol–water partition coefficient (Wildman–Crippen LogP) is 3.98. The van der Waals surface area contributed by atoms with Crippen molar-refractivity contribution in [3.8, 4) is 5.75 Å². The van der Waals surface area contributed by atoms with Gasteiger partial charge in [0.15, 0.2) is 0 Å². The second-order valence-corrected chi connectivity index (χ2v) is 8.86. The number of halogens is 2. The van der Waals surface area contributed by atoms with Crippen LogP contribution in [-0.2, 0) is 14.9 Å². The quantitative estimate of drug-likeness (QED) is 0.577. The summed E-state index contributed by atoms with van der Waals surface area (Å²) < 4.78 is 39.2. The van der Waals surface area contributed by atoms with Gasteiger partial charge in [0, 0.05) is 25.2 Å². The van der Waals surface area contributed by atoms with Crippen molar-refractivity contribution in [2.24, 2.45) is 5.92 Å². The van der Waals surface area contributed by atoms with Crippen molar-refractivity contribution in [2.45, 2.75) is 45.1 Å². The van der Waals surface area contributed by atoms with Crippen molar-refractivity contribution < 1.29 is 27.8 Å². The molecule has 0 saturated carbocycles. The Morgan fingerprint density at radius 2 is 1.68 bits per heavy atom. The van der Waals surface area contributed by atoms with Crippen molar-refractivity contribution in [3.63, 3.8) is 0 Å². The second kappa shape index (κ2) is 11.4. The fraction of sp³-hybridized carbons (Fsp3) is 0.462. The Kier molecular flexibility index (Phi) is 8.61. The van der Waals surface area contributed by atoms with E-state index >= 15 is 0 Å². The van der Waals surface area contributed by atoms with Crippen LogP contribution in [0.25, 0.3) is 0 Å². The Morgan fingerprint density at radius 3 is 2.24 bits per heavy atom. The van der Waals surface area contributed by atoms with Gasteiger partial charge in [-0.25, -0.2) is 8.78 Å². The lowest BCUT2D eigenvalue weighted by Gasteiger charge is -2.38. The topological polar surface area (TPSA) is 76.7 Å². The van der Waals surface area contributed by atoms with Gasteiger partial charge in [-0.15, -0.1) is 0 Å². The van der Waals surface area contributed by atoms with E-state index in [1.54, 1.807) is 13.8 Å². The van der Waals surface area contributed by atoms with E-state index in [1.807, 2.05) is 31.2 Å². The van der Waals surface area contributed by atoms with Gasteiger partial charge in [-0.05, 0) is 55.5 Å². The Balaban J connectivity index is 1.74. The highest BCUT2D eigenvalue weighted by atomic mass is 19.1. The fourth-order valence-corrected chi connectivity index (χ4v) is 4.23. The number of ether oxygens (including phenoxy) is 2. The largest absolute Gasteiger partial charge is 0.494 e. The molecule has 8 heteroatoms. The van der Waals surface area contributed by atoms with E-state index in [0.29, 0.717) is 26.4 Å². The van der Waals surface area contributed by atoms with E-state index in [-0.39, 0.29) is 11.3 Å². The van der Waals surface area contributed by atoms with Gasteiger partial charge in [-0.3, -0.25) is 9.59 Å². The minimum absolute atomic E-state index is 0.296. The molecule has 1 saturated heterocycles. The lowest BCUT2D eigenvalue weighted by molar-refractivity contribution is -0.124. The molecule has 1 aliphatic heterocycles. The van der Waals surface area contributed by atoms with E-state index in [1.165, 1.54) is 6.07 Å². The third kappa shape index (κ3) is 5.91. The molecule has 0 unspecified atom stereocenters. The molecule has 1 atom stereocenters. The van der Waals surface area contributed by atoms with Crippen LogP contribution in [0.3, 0.4) is 0 Å². The molecule has 0 spiro atoms. The molecular formula is C26H32F2N2O4. The van der Waals surface area contributed by atoms with E-state index in [4.69, 9.17) is 9.47 Å². The molecule has 0 aromatic heterocycles. The van der Waals surface area contributed by atoms with Crippen LogP contribution in [0.1, 0.15) is 49.5 Å². The first kappa shape index (κ1) is 25.6. The number of carbonyl (C=O) groups is 2. The standard InChI is InChI=1S/C26H32F2N2O4/c1-4-34-19-10-8-18(9-11-19)26(12-14-33-15-13-26)16-29-25(32)23(17(2)3)30-24(31)22-20(27)6-5-7-21(22)28/h5-11,17,23H,4,12-16H2,1-3H3,(H,29,32)(H,30,31)/t23-/m0/s1. The van der Waals surface area contributed by atoms with Crippen molar-refractivity contribution in [1.29, 1.82) is 0 Å². The monoisotopic (exact) mass is 474 g/mol. The summed E-state index contributed by atoms with van der Waals surface area (Å²) in [6.45, 7) is 7.51. The van der Waals surface area contributed by atoms with Gasteiger partial charge in [0.25, 0.3) is 5.91 Å². The number of amides is 2. The Bertz CT molecular complexity index is 969. The van der Waals surface area contributed by atoms with Gasteiger partial charge in [0.2, 0.25) is 5.91 Å². The van der Waals surface area contributed by atoms with Crippen molar-refractivity contribution >= 4 is 11.8 Å². The zero-order valence-corrected chi connectivity index (χ0v) is 19.8. The number of rotatable bonds is 9. The molecular weight excluding hydrogens is 442 g/mol. The van der Waals surface area contributed by atoms with Crippen LogP contribution < -0.4 is 15.4 Å². The highest BCUT2D eigenvalue weighted by molar-refractivity contribution is 5.98. The van der Waals surface area contributed by atoms with E-state index in [2.05, 4.69) is 10.6 Å². The summed E-state index contributed by atoms with van der Waals surface area (Å²) in [7, 11) is 0. The van der Waals surface area contributed by atoms with Crippen LogP contribution in [-0.4, -0.2) is 44.2 Å². The average molecular weight is 475 g/mol. The fourth-order valence-electron chi connectivity index (χ4n) is 4.23.